The molecule has 1 atom stereocenters. The van der Waals surface area contributed by atoms with Crippen LogP contribution in [0.2, 0.25) is 0 Å². The average Bonchev–Trinajstić information content (AvgIpc) is 3.74. The van der Waals surface area contributed by atoms with E-state index in [4.69, 9.17) is 15.6 Å². The van der Waals surface area contributed by atoms with Gasteiger partial charge in [0.1, 0.15) is 18.1 Å². The summed E-state index contributed by atoms with van der Waals surface area (Å²) in [4.78, 5) is 12.0. The molecule has 2 saturated carbocycles. The maximum Gasteiger partial charge on any atom is 0.271 e. The molecule has 1 unspecified atom stereocenters. The number of ether oxygens (including phenoxy) is 1. The Morgan fingerprint density at radius 1 is 1.17 bits per heavy atom. The lowest BCUT2D eigenvalue weighted by atomic mass is 10.1. The number of amides is 1. The minimum atomic E-state index is -2.51. The number of para-hydroxylation sites is 1. The highest BCUT2D eigenvalue weighted by Crippen LogP contribution is 2.69. The summed E-state index contributed by atoms with van der Waals surface area (Å²) in [6, 6.07) is 8.92. The van der Waals surface area contributed by atoms with Crippen LogP contribution in [0.15, 0.2) is 30.3 Å². The smallest absolute Gasteiger partial charge is 0.271 e. The first kappa shape index (κ1) is 24.5. The molecule has 2 aliphatic rings. The summed E-state index contributed by atoms with van der Waals surface area (Å²) < 4.78 is 35.8. The molecule has 2 aliphatic carbocycles. The molecule has 1 amide bonds. The predicted octanol–water partition coefficient (Wildman–Crippen LogP) is 2.75. The van der Waals surface area contributed by atoms with Crippen LogP contribution in [-0.4, -0.2) is 54.8 Å². The molecule has 2 heterocycles. The van der Waals surface area contributed by atoms with Crippen molar-refractivity contribution in [3.63, 3.8) is 0 Å². The van der Waals surface area contributed by atoms with Gasteiger partial charge in [0.05, 0.1) is 29.6 Å². The van der Waals surface area contributed by atoms with E-state index in [9.17, 15) is 13.6 Å². The standard InChI is InChI=1S/C23H28N7O4PS/c1-30-20(35(32,13-7-8-13)14-9-10-14)12-17(28-30)15-5-4-6-16(22(15)34-2)25-18-11-19(29-36(3)33)26-27-21(18)23(24)31/h4-6,11-14H,7-10H2,1-3H3,(H2,24,31)(H2,25,26,29). The first-order chi connectivity index (χ1) is 17.2. The average molecular weight is 530 g/mol. The second-order valence-electron chi connectivity index (χ2n) is 9.11. The van der Waals surface area contributed by atoms with Crippen LogP contribution in [0.5, 0.6) is 5.75 Å². The van der Waals surface area contributed by atoms with Crippen molar-refractivity contribution in [3.8, 4) is 17.0 Å². The lowest BCUT2D eigenvalue weighted by Gasteiger charge is -2.17. The maximum absolute atomic E-state index is 14.1. The predicted molar refractivity (Wildman–Crippen MR) is 140 cm³/mol. The molecule has 2 fully saturated rings. The normalized spacial score (nSPS) is 16.4. The van der Waals surface area contributed by atoms with E-state index in [2.05, 4.69) is 20.2 Å². The van der Waals surface area contributed by atoms with Crippen LogP contribution < -0.4 is 25.9 Å². The fourth-order valence-electron chi connectivity index (χ4n) is 4.57. The van der Waals surface area contributed by atoms with E-state index in [1.54, 1.807) is 17.9 Å². The number of nitrogens with two attached hydrogens (primary N) is 1. The van der Waals surface area contributed by atoms with Gasteiger partial charge >= 0.3 is 0 Å². The number of anilines is 3. The second kappa shape index (κ2) is 9.33. The van der Waals surface area contributed by atoms with Crippen molar-refractivity contribution < 1.29 is 18.3 Å². The largest absolute Gasteiger partial charge is 0.494 e. The van der Waals surface area contributed by atoms with Crippen molar-refractivity contribution in [2.45, 2.75) is 37.0 Å². The molecule has 0 saturated heterocycles. The Balaban J connectivity index is 1.54. The first-order valence-corrected chi connectivity index (χ1v) is 15.0. The molecule has 36 heavy (non-hydrogen) atoms. The topological polar surface area (TPSA) is 154 Å². The van der Waals surface area contributed by atoms with E-state index in [0.29, 0.717) is 22.7 Å². The zero-order valence-electron chi connectivity index (χ0n) is 20.2. The summed E-state index contributed by atoms with van der Waals surface area (Å²) in [5.41, 5.74) is 8.95. The van der Waals surface area contributed by atoms with Crippen LogP contribution in [0.4, 0.5) is 17.2 Å². The number of carbonyl (C=O) groups excluding carboxylic acids is 1. The van der Waals surface area contributed by atoms with E-state index >= 15 is 0 Å². The maximum atomic E-state index is 14.1. The van der Waals surface area contributed by atoms with Gasteiger partial charge in [0, 0.05) is 36.3 Å². The molecule has 190 valence electrons. The van der Waals surface area contributed by atoms with Gasteiger partial charge in [-0.2, -0.15) is 5.10 Å². The summed E-state index contributed by atoms with van der Waals surface area (Å²) in [5.74, 6) is -0.0751. The number of rotatable bonds is 10. The molecule has 0 spiro atoms. The van der Waals surface area contributed by atoms with Crippen LogP contribution in [-0.2, 0) is 22.6 Å². The van der Waals surface area contributed by atoms with Crippen molar-refractivity contribution in [1.29, 1.82) is 0 Å². The number of primary amides is 1. The number of hydrogen-bond acceptors (Lipinski definition) is 8. The minimum Gasteiger partial charge on any atom is -0.494 e. The number of nitrogens with zero attached hydrogens (tertiary/aromatic N) is 4. The Labute approximate surface area is 211 Å². The number of nitrogens with one attached hydrogen (secondary N) is 2. The van der Waals surface area contributed by atoms with Gasteiger partial charge in [0.15, 0.2) is 17.3 Å². The number of aromatic nitrogens is 4. The third-order valence-electron chi connectivity index (χ3n) is 6.43. The zero-order chi connectivity index (χ0) is 25.6. The van der Waals surface area contributed by atoms with E-state index in [1.807, 2.05) is 25.2 Å². The van der Waals surface area contributed by atoms with E-state index in [1.165, 1.54) is 12.3 Å². The van der Waals surface area contributed by atoms with Crippen LogP contribution in [0.25, 0.3) is 11.3 Å². The fourth-order valence-corrected chi connectivity index (χ4v) is 8.97. The second-order valence-corrected chi connectivity index (χ2v) is 13.6. The van der Waals surface area contributed by atoms with Crippen molar-refractivity contribution in [1.82, 2.24) is 20.0 Å². The van der Waals surface area contributed by atoms with Crippen LogP contribution in [0.1, 0.15) is 36.2 Å². The van der Waals surface area contributed by atoms with Gasteiger partial charge in [0.25, 0.3) is 5.91 Å². The number of benzene rings is 1. The zero-order valence-corrected chi connectivity index (χ0v) is 21.9. The third kappa shape index (κ3) is 4.51. The first-order valence-electron chi connectivity index (χ1n) is 11.6. The Hall–Kier alpha value is -3.24. The summed E-state index contributed by atoms with van der Waals surface area (Å²) in [6.45, 7) is 0. The minimum absolute atomic E-state index is 0.0789. The SMILES string of the molecule is COc1c(Nc2cc(NS(C)=O)nnc2C(N)=O)cccc1-c1cc(P(=O)(C2CC2)C2CC2)n(C)n1. The quantitative estimate of drug-likeness (QED) is 0.339. The summed E-state index contributed by atoms with van der Waals surface area (Å²) >= 11 is 0. The van der Waals surface area contributed by atoms with Crippen molar-refractivity contribution in [2.75, 3.05) is 23.4 Å². The highest BCUT2D eigenvalue weighted by Gasteiger charge is 2.53. The molecule has 13 heteroatoms. The molecule has 11 nitrogen and oxygen atoms in total. The van der Waals surface area contributed by atoms with Crippen LogP contribution >= 0.6 is 7.14 Å². The van der Waals surface area contributed by atoms with E-state index < -0.39 is 24.0 Å². The lowest BCUT2D eigenvalue weighted by Crippen LogP contribution is -2.20. The molecular weight excluding hydrogens is 501 g/mol. The van der Waals surface area contributed by atoms with Gasteiger partial charge in [-0.15, -0.1) is 10.2 Å². The van der Waals surface area contributed by atoms with Gasteiger partial charge in [-0.3, -0.25) is 14.2 Å². The van der Waals surface area contributed by atoms with Gasteiger partial charge in [-0.05, 0) is 43.9 Å². The van der Waals surface area contributed by atoms with Gasteiger partial charge in [-0.1, -0.05) is 6.07 Å². The molecular formula is C23H28N7O4PS. The van der Waals surface area contributed by atoms with Gasteiger partial charge < -0.3 is 20.4 Å². The van der Waals surface area contributed by atoms with Crippen molar-refractivity contribution >= 4 is 46.7 Å². The van der Waals surface area contributed by atoms with Crippen LogP contribution in [0, 0.1) is 0 Å². The molecule has 0 bridgehead atoms. The fraction of sp³-hybridized carbons (Fsp3) is 0.391. The summed E-state index contributed by atoms with van der Waals surface area (Å²) in [6.07, 6.45) is 5.52. The highest BCUT2D eigenvalue weighted by atomic mass is 32.2. The number of methoxy groups -OCH3 is 1. The Kier molecular flexibility index (Phi) is 6.34. The Bertz CT molecular complexity index is 1400. The molecule has 4 N–H and O–H groups in total. The van der Waals surface area contributed by atoms with Crippen molar-refractivity contribution in [3.05, 3.63) is 36.0 Å². The molecule has 0 radical (unpaired) electrons. The number of carbonyl (C=O) groups is 1. The van der Waals surface area contributed by atoms with Crippen LogP contribution in [0.3, 0.4) is 0 Å². The number of aryl methyl sites for hydroxylation is 1. The Morgan fingerprint density at radius 2 is 1.86 bits per heavy atom. The summed E-state index contributed by atoms with van der Waals surface area (Å²) in [5, 5.41) is 15.6. The third-order valence-corrected chi connectivity index (χ3v) is 11.3. The lowest BCUT2D eigenvalue weighted by molar-refractivity contribution is 0.0995. The van der Waals surface area contributed by atoms with E-state index in [-0.39, 0.29) is 28.5 Å². The molecule has 2 aromatic heterocycles. The van der Waals surface area contributed by atoms with E-state index in [0.717, 1.165) is 31.1 Å². The molecule has 5 rings (SSSR count). The molecule has 3 aromatic rings. The summed E-state index contributed by atoms with van der Waals surface area (Å²) in [7, 11) is -0.506. The highest BCUT2D eigenvalue weighted by molar-refractivity contribution is 7.85. The molecule has 1 aromatic carbocycles. The Morgan fingerprint density at radius 3 is 2.44 bits per heavy atom. The molecule has 0 aliphatic heterocycles. The monoisotopic (exact) mass is 529 g/mol. The van der Waals surface area contributed by atoms with Gasteiger partial charge in [0.2, 0.25) is 0 Å². The van der Waals surface area contributed by atoms with Crippen molar-refractivity contribution in [2.24, 2.45) is 12.8 Å². The van der Waals surface area contributed by atoms with Gasteiger partial charge in [-0.25, -0.2) is 4.21 Å². The number of hydrogen-bond donors (Lipinski definition) is 3.